The fourth-order valence-corrected chi connectivity index (χ4v) is 4.56. The van der Waals surface area contributed by atoms with Crippen molar-refractivity contribution in [1.82, 2.24) is 9.78 Å². The fourth-order valence-electron chi connectivity index (χ4n) is 3.14. The molecule has 1 aliphatic heterocycles. The van der Waals surface area contributed by atoms with Gasteiger partial charge in [-0.3, -0.25) is 4.79 Å². The van der Waals surface area contributed by atoms with Crippen LogP contribution in [0.25, 0.3) is 5.69 Å². The van der Waals surface area contributed by atoms with E-state index in [4.69, 9.17) is 11.6 Å². The maximum atomic E-state index is 14.5. The molecule has 0 saturated carbocycles. The summed E-state index contributed by atoms with van der Waals surface area (Å²) in [5.74, 6) is -0.776. The number of hydrogen-bond donors (Lipinski definition) is 1. The first-order valence-electron chi connectivity index (χ1n) is 8.16. The van der Waals surface area contributed by atoms with E-state index in [1.165, 1.54) is 17.8 Å². The van der Waals surface area contributed by atoms with Crippen LogP contribution in [0.1, 0.15) is 22.1 Å². The Hall–Kier alpha value is -2.38. The Balaban J connectivity index is 1.95. The lowest BCUT2D eigenvalue weighted by Gasteiger charge is -2.16. The number of benzene rings is 2. The van der Waals surface area contributed by atoms with Crippen LogP contribution in [0.15, 0.2) is 42.5 Å². The zero-order valence-electron chi connectivity index (χ0n) is 14.2. The summed E-state index contributed by atoms with van der Waals surface area (Å²) in [5, 5.41) is 7.24. The van der Waals surface area contributed by atoms with E-state index < -0.39 is 16.9 Å². The van der Waals surface area contributed by atoms with Gasteiger partial charge in [-0.1, -0.05) is 23.7 Å². The highest BCUT2D eigenvalue weighted by molar-refractivity contribution is 8.00. The number of amides is 1. The Morgan fingerprint density at radius 1 is 1.26 bits per heavy atom. The van der Waals surface area contributed by atoms with Gasteiger partial charge >= 0.3 is 0 Å². The molecule has 4 nitrogen and oxygen atoms in total. The van der Waals surface area contributed by atoms with Gasteiger partial charge in [0.15, 0.2) is 0 Å². The van der Waals surface area contributed by atoms with Crippen LogP contribution in [0.3, 0.4) is 0 Å². The molecule has 4 rings (SSSR count). The molecule has 1 aliphatic rings. The lowest BCUT2D eigenvalue weighted by Crippen LogP contribution is -2.16. The number of nitrogens with one attached hydrogen (secondary N) is 1. The molecule has 8 heteroatoms. The van der Waals surface area contributed by atoms with Crippen molar-refractivity contribution >= 4 is 35.1 Å². The van der Waals surface area contributed by atoms with Crippen molar-refractivity contribution in [3.8, 4) is 5.69 Å². The molecule has 0 aliphatic carbocycles. The number of carbonyl (C=O) groups excluding carboxylic acids is 1. The van der Waals surface area contributed by atoms with E-state index in [1.54, 1.807) is 29.8 Å². The van der Waals surface area contributed by atoms with E-state index in [0.29, 0.717) is 27.8 Å². The molecule has 2 heterocycles. The Labute approximate surface area is 163 Å². The molecule has 2 aromatic carbocycles. The van der Waals surface area contributed by atoms with E-state index in [2.05, 4.69) is 10.4 Å². The number of aromatic nitrogens is 2. The Bertz CT molecular complexity index is 1050. The molecule has 0 bridgehead atoms. The molecule has 0 fully saturated rings. The number of thioether (sulfide) groups is 1. The quantitative estimate of drug-likeness (QED) is 0.660. The van der Waals surface area contributed by atoms with Crippen molar-refractivity contribution in [2.24, 2.45) is 0 Å². The molecule has 1 amide bonds. The van der Waals surface area contributed by atoms with E-state index in [1.807, 2.05) is 6.07 Å². The summed E-state index contributed by atoms with van der Waals surface area (Å²) in [7, 11) is 0. The third-order valence-electron chi connectivity index (χ3n) is 4.33. The van der Waals surface area contributed by atoms with Gasteiger partial charge in [-0.25, -0.2) is 13.5 Å². The molecule has 138 valence electrons. The fraction of sp³-hybridized carbons (Fsp3) is 0.158. The molecule has 0 unspecified atom stereocenters. The van der Waals surface area contributed by atoms with E-state index in [0.717, 1.165) is 12.1 Å². The summed E-state index contributed by atoms with van der Waals surface area (Å²) in [6.07, 6.45) is 0. The van der Waals surface area contributed by atoms with Crippen LogP contribution < -0.4 is 5.32 Å². The van der Waals surface area contributed by atoms with E-state index >= 15 is 0 Å². The van der Waals surface area contributed by atoms with Crippen molar-refractivity contribution in [2.75, 3.05) is 11.1 Å². The predicted molar refractivity (Wildman–Crippen MR) is 103 cm³/mol. The third kappa shape index (κ3) is 3.21. The molecule has 0 saturated heterocycles. The second kappa shape index (κ2) is 6.98. The SMILES string of the molecule is Cc1nn(-c2ccccc2Cl)c2c1[C@@H](c1cc(F)ccc1F)SCC(=O)N2. The lowest BCUT2D eigenvalue weighted by molar-refractivity contribution is -0.113. The molecule has 1 atom stereocenters. The van der Waals surface area contributed by atoms with Crippen molar-refractivity contribution in [1.29, 1.82) is 0 Å². The van der Waals surface area contributed by atoms with Crippen molar-refractivity contribution in [3.63, 3.8) is 0 Å². The maximum Gasteiger partial charge on any atom is 0.235 e. The molecular formula is C19H14ClF2N3OS. The van der Waals surface area contributed by atoms with Crippen molar-refractivity contribution < 1.29 is 13.6 Å². The second-order valence-corrected chi connectivity index (χ2v) is 7.62. The van der Waals surface area contributed by atoms with Crippen LogP contribution in [-0.2, 0) is 4.79 Å². The molecule has 1 N–H and O–H groups in total. The van der Waals surface area contributed by atoms with Crippen molar-refractivity contribution in [3.05, 3.63) is 75.9 Å². The number of halogens is 3. The first-order chi connectivity index (χ1) is 13.0. The number of para-hydroxylation sites is 1. The number of hydrogen-bond acceptors (Lipinski definition) is 3. The summed E-state index contributed by atoms with van der Waals surface area (Å²) in [4.78, 5) is 12.3. The maximum absolute atomic E-state index is 14.5. The average molecular weight is 406 g/mol. The highest BCUT2D eigenvalue weighted by atomic mass is 35.5. The first kappa shape index (κ1) is 18.0. The highest BCUT2D eigenvalue weighted by Gasteiger charge is 2.32. The average Bonchev–Trinajstić information content (AvgIpc) is 2.84. The molecule has 3 aromatic rings. The molecule has 27 heavy (non-hydrogen) atoms. The standard InChI is InChI=1S/C19H14ClF2N3OS/c1-10-17-18(12-8-11(21)6-7-14(12)22)27-9-16(26)23-19(17)25(24-10)15-5-3-2-4-13(15)20/h2-8,18H,9H2,1H3,(H,23,26)/t18-/m1/s1. The zero-order valence-corrected chi connectivity index (χ0v) is 15.7. The Morgan fingerprint density at radius 2 is 2.04 bits per heavy atom. The Morgan fingerprint density at radius 3 is 2.81 bits per heavy atom. The van der Waals surface area contributed by atoms with Crippen LogP contribution in [-0.4, -0.2) is 21.4 Å². The van der Waals surface area contributed by atoms with Crippen LogP contribution in [0.5, 0.6) is 0 Å². The van der Waals surface area contributed by atoms with Gasteiger partial charge < -0.3 is 5.32 Å². The van der Waals surface area contributed by atoms with Gasteiger partial charge in [0.2, 0.25) is 5.91 Å². The van der Waals surface area contributed by atoms with Gasteiger partial charge in [-0.05, 0) is 37.3 Å². The van der Waals surface area contributed by atoms with Crippen LogP contribution in [0.4, 0.5) is 14.6 Å². The monoisotopic (exact) mass is 405 g/mol. The number of fused-ring (bicyclic) bond motifs is 1. The van der Waals surface area contributed by atoms with Crippen LogP contribution in [0.2, 0.25) is 5.02 Å². The zero-order chi connectivity index (χ0) is 19.1. The molecule has 0 radical (unpaired) electrons. The highest BCUT2D eigenvalue weighted by Crippen LogP contribution is 2.45. The smallest absolute Gasteiger partial charge is 0.235 e. The van der Waals surface area contributed by atoms with Gasteiger partial charge in [0.1, 0.15) is 17.5 Å². The van der Waals surface area contributed by atoms with Gasteiger partial charge in [-0.15, -0.1) is 11.8 Å². The Kier molecular flexibility index (Phi) is 4.65. The minimum Gasteiger partial charge on any atom is -0.310 e. The van der Waals surface area contributed by atoms with Gasteiger partial charge in [0.05, 0.1) is 27.4 Å². The predicted octanol–water partition coefficient (Wildman–Crippen LogP) is 4.89. The largest absolute Gasteiger partial charge is 0.310 e. The van der Waals surface area contributed by atoms with Crippen molar-refractivity contribution in [2.45, 2.75) is 12.2 Å². The number of carbonyl (C=O) groups is 1. The summed E-state index contributed by atoms with van der Waals surface area (Å²) >= 11 is 7.53. The number of nitrogens with zero attached hydrogens (tertiary/aromatic N) is 2. The van der Waals surface area contributed by atoms with Gasteiger partial charge in [0, 0.05) is 11.1 Å². The van der Waals surface area contributed by atoms with E-state index in [-0.39, 0.29) is 17.2 Å². The van der Waals surface area contributed by atoms with Gasteiger partial charge in [0.25, 0.3) is 0 Å². The molecule has 0 spiro atoms. The summed E-state index contributed by atoms with van der Waals surface area (Å²) in [5.41, 5.74) is 2.01. The van der Waals surface area contributed by atoms with Crippen LogP contribution in [0, 0.1) is 18.6 Å². The normalized spacial score (nSPS) is 16.6. The summed E-state index contributed by atoms with van der Waals surface area (Å²) in [6, 6.07) is 10.4. The molecular weight excluding hydrogens is 392 g/mol. The van der Waals surface area contributed by atoms with Crippen LogP contribution >= 0.6 is 23.4 Å². The lowest BCUT2D eigenvalue weighted by atomic mass is 10.0. The second-order valence-electron chi connectivity index (χ2n) is 6.12. The van der Waals surface area contributed by atoms with Gasteiger partial charge in [-0.2, -0.15) is 5.10 Å². The number of rotatable bonds is 2. The molecule has 1 aromatic heterocycles. The first-order valence-corrected chi connectivity index (χ1v) is 9.59. The minimum atomic E-state index is -0.578. The van der Waals surface area contributed by atoms with E-state index in [9.17, 15) is 13.6 Å². The summed E-state index contributed by atoms with van der Waals surface area (Å²) < 4.78 is 29.8. The minimum absolute atomic E-state index is 0.108. The topological polar surface area (TPSA) is 46.9 Å². The number of aryl methyl sites for hydroxylation is 1. The third-order valence-corrected chi connectivity index (χ3v) is 5.90. The number of anilines is 1. The summed E-state index contributed by atoms with van der Waals surface area (Å²) in [6.45, 7) is 1.77.